The van der Waals surface area contributed by atoms with Gasteiger partial charge in [-0.05, 0) is 89.9 Å². The number of hydrogen-bond donors (Lipinski definition) is 1. The summed E-state index contributed by atoms with van der Waals surface area (Å²) in [7, 11) is 1.53. The number of benzene rings is 3. The summed E-state index contributed by atoms with van der Waals surface area (Å²) in [5.74, 6) is -0.411. The molecule has 0 aliphatic carbocycles. The Hall–Kier alpha value is -3.66. The second kappa shape index (κ2) is 10.5. The largest absolute Gasteiger partial charge is 0.493 e. The molecule has 0 atom stereocenters. The Morgan fingerprint density at radius 1 is 0.944 bits per heavy atom. The van der Waals surface area contributed by atoms with Gasteiger partial charge in [-0.15, -0.1) is 0 Å². The van der Waals surface area contributed by atoms with E-state index in [0.717, 1.165) is 25.2 Å². The zero-order chi connectivity index (χ0) is 26.0. The molecule has 1 N–H and O–H groups in total. The number of barbiturate groups is 1. The van der Waals surface area contributed by atoms with Crippen LogP contribution in [0, 0.1) is 24.3 Å². The van der Waals surface area contributed by atoms with Gasteiger partial charge in [0.1, 0.15) is 12.2 Å². The van der Waals surface area contributed by atoms with E-state index in [1.807, 2.05) is 50.2 Å². The number of ether oxygens (including phenoxy) is 2. The van der Waals surface area contributed by atoms with Crippen LogP contribution in [0.5, 0.6) is 11.5 Å². The van der Waals surface area contributed by atoms with Crippen LogP contribution < -0.4 is 19.7 Å². The van der Waals surface area contributed by atoms with E-state index in [2.05, 4.69) is 27.9 Å². The van der Waals surface area contributed by atoms with Crippen LogP contribution in [0.4, 0.5) is 10.5 Å². The lowest BCUT2D eigenvalue weighted by Gasteiger charge is -2.28. The van der Waals surface area contributed by atoms with Gasteiger partial charge in [0.15, 0.2) is 11.5 Å². The number of urea groups is 1. The lowest BCUT2D eigenvalue weighted by atomic mass is 10.0. The van der Waals surface area contributed by atoms with Gasteiger partial charge >= 0.3 is 6.03 Å². The van der Waals surface area contributed by atoms with Crippen molar-refractivity contribution >= 4 is 52.2 Å². The number of amides is 4. The number of nitrogens with one attached hydrogen (secondary N) is 1. The van der Waals surface area contributed by atoms with Crippen LogP contribution in [0.25, 0.3) is 6.08 Å². The number of imide groups is 2. The van der Waals surface area contributed by atoms with Crippen molar-refractivity contribution in [3.05, 3.63) is 91.6 Å². The number of rotatable bonds is 6. The van der Waals surface area contributed by atoms with Crippen molar-refractivity contribution < 1.29 is 23.9 Å². The highest BCUT2D eigenvalue weighted by Crippen LogP contribution is 2.36. The molecule has 0 bridgehead atoms. The normalized spacial score (nSPS) is 14.8. The minimum atomic E-state index is -0.775. The number of carbonyl (C=O) groups excluding carboxylic acids is 3. The summed E-state index contributed by atoms with van der Waals surface area (Å²) >= 11 is 2.13. The second-order valence-corrected chi connectivity index (χ2v) is 9.72. The fourth-order valence-corrected chi connectivity index (χ4v) is 4.59. The molecule has 36 heavy (non-hydrogen) atoms. The summed E-state index contributed by atoms with van der Waals surface area (Å²) in [5.41, 5.74) is 4.66. The minimum Gasteiger partial charge on any atom is -0.493 e. The Morgan fingerprint density at radius 3 is 2.33 bits per heavy atom. The summed E-state index contributed by atoms with van der Waals surface area (Å²) in [6.07, 6.45) is 1.46. The Kier molecular flexibility index (Phi) is 7.44. The summed E-state index contributed by atoms with van der Waals surface area (Å²) in [4.78, 5) is 39.5. The first-order valence-corrected chi connectivity index (χ1v) is 12.3. The van der Waals surface area contributed by atoms with Crippen LogP contribution in [-0.2, 0) is 16.2 Å². The maximum Gasteiger partial charge on any atom is 0.335 e. The van der Waals surface area contributed by atoms with Gasteiger partial charge in [0, 0.05) is 0 Å². The molecule has 4 rings (SSSR count). The molecular weight excluding hydrogens is 571 g/mol. The first-order chi connectivity index (χ1) is 17.2. The zero-order valence-corrected chi connectivity index (χ0v) is 22.5. The summed E-state index contributed by atoms with van der Waals surface area (Å²) < 4.78 is 12.3. The van der Waals surface area contributed by atoms with Gasteiger partial charge in [-0.1, -0.05) is 42.0 Å². The van der Waals surface area contributed by atoms with Gasteiger partial charge in [-0.25, -0.2) is 9.69 Å². The lowest BCUT2D eigenvalue weighted by molar-refractivity contribution is -0.122. The van der Waals surface area contributed by atoms with Crippen molar-refractivity contribution in [2.24, 2.45) is 0 Å². The maximum atomic E-state index is 13.3. The lowest BCUT2D eigenvalue weighted by Crippen LogP contribution is -2.54. The smallest absolute Gasteiger partial charge is 0.335 e. The monoisotopic (exact) mass is 596 g/mol. The van der Waals surface area contributed by atoms with Crippen LogP contribution in [0.2, 0.25) is 0 Å². The molecule has 0 radical (unpaired) electrons. The van der Waals surface area contributed by atoms with Crippen molar-refractivity contribution in [2.75, 3.05) is 12.0 Å². The molecule has 1 aliphatic heterocycles. The Bertz CT molecular complexity index is 1400. The molecule has 7 nitrogen and oxygen atoms in total. The fraction of sp³-hybridized carbons (Fsp3) is 0.179. The molecule has 1 saturated heterocycles. The Balaban J connectivity index is 1.66. The van der Waals surface area contributed by atoms with Crippen molar-refractivity contribution in [3.8, 4) is 11.5 Å². The third-order valence-electron chi connectivity index (χ3n) is 5.77. The van der Waals surface area contributed by atoms with Gasteiger partial charge in [-0.3, -0.25) is 14.9 Å². The number of hydrogen-bond acceptors (Lipinski definition) is 5. The second-order valence-electron chi connectivity index (χ2n) is 8.56. The van der Waals surface area contributed by atoms with Crippen molar-refractivity contribution in [3.63, 3.8) is 0 Å². The number of methoxy groups -OCH3 is 1. The molecule has 0 unspecified atom stereocenters. The first kappa shape index (κ1) is 25.4. The molecule has 3 aromatic carbocycles. The number of anilines is 1. The quantitative estimate of drug-likeness (QED) is 0.232. The number of aryl methyl sites for hydroxylation is 3. The number of carbonyl (C=O) groups is 3. The first-order valence-electron chi connectivity index (χ1n) is 11.2. The van der Waals surface area contributed by atoms with Crippen LogP contribution in [0.15, 0.2) is 60.2 Å². The van der Waals surface area contributed by atoms with E-state index in [1.54, 1.807) is 25.1 Å². The van der Waals surface area contributed by atoms with E-state index in [1.165, 1.54) is 18.7 Å². The van der Waals surface area contributed by atoms with Crippen LogP contribution >= 0.6 is 22.6 Å². The zero-order valence-electron chi connectivity index (χ0n) is 20.3. The van der Waals surface area contributed by atoms with E-state index >= 15 is 0 Å². The molecule has 1 fully saturated rings. The van der Waals surface area contributed by atoms with Gasteiger partial charge < -0.3 is 9.47 Å². The predicted molar refractivity (Wildman–Crippen MR) is 146 cm³/mol. The standard InChI is InChI=1S/C28H25IN2O5/c1-16-6-9-19(10-7-16)15-36-25-22(29)13-20(14-24(25)35-4)12-21-26(32)30-28(34)31(27(21)33)23-11-17(2)5-8-18(23)3/h5-14H,15H2,1-4H3,(H,30,32,34)/b21-12+. The van der Waals surface area contributed by atoms with Gasteiger partial charge in [0.25, 0.3) is 11.8 Å². The Morgan fingerprint density at radius 2 is 1.64 bits per heavy atom. The topological polar surface area (TPSA) is 84.9 Å². The van der Waals surface area contributed by atoms with Crippen LogP contribution in [-0.4, -0.2) is 25.0 Å². The average molecular weight is 596 g/mol. The van der Waals surface area contributed by atoms with Crippen LogP contribution in [0.3, 0.4) is 0 Å². The van der Waals surface area contributed by atoms with Crippen LogP contribution in [0.1, 0.15) is 27.8 Å². The number of halogens is 1. The fourth-order valence-electron chi connectivity index (χ4n) is 3.81. The predicted octanol–water partition coefficient (Wildman–Crippen LogP) is 5.47. The molecule has 1 heterocycles. The van der Waals surface area contributed by atoms with E-state index in [0.29, 0.717) is 29.4 Å². The summed E-state index contributed by atoms with van der Waals surface area (Å²) in [6, 6.07) is 16.2. The minimum absolute atomic E-state index is 0.151. The van der Waals surface area contributed by atoms with Crippen molar-refractivity contribution in [2.45, 2.75) is 27.4 Å². The highest BCUT2D eigenvalue weighted by atomic mass is 127. The van der Waals surface area contributed by atoms with Gasteiger partial charge in [-0.2, -0.15) is 0 Å². The molecule has 184 valence electrons. The highest BCUT2D eigenvalue weighted by molar-refractivity contribution is 14.1. The Labute approximate surface area is 223 Å². The van der Waals surface area contributed by atoms with Crippen molar-refractivity contribution in [1.82, 2.24) is 5.32 Å². The van der Waals surface area contributed by atoms with E-state index in [-0.39, 0.29) is 5.57 Å². The van der Waals surface area contributed by atoms with Gasteiger partial charge in [0.2, 0.25) is 0 Å². The molecule has 4 amide bonds. The van der Waals surface area contributed by atoms with Crippen molar-refractivity contribution in [1.29, 1.82) is 0 Å². The average Bonchev–Trinajstić information content (AvgIpc) is 2.84. The molecule has 0 saturated carbocycles. The summed E-state index contributed by atoms with van der Waals surface area (Å²) in [5, 5.41) is 2.27. The molecule has 8 heteroatoms. The number of nitrogens with zero attached hydrogens (tertiary/aromatic N) is 1. The third-order valence-corrected chi connectivity index (χ3v) is 6.58. The molecule has 3 aromatic rings. The summed E-state index contributed by atoms with van der Waals surface area (Å²) in [6.45, 7) is 6.06. The molecule has 0 aromatic heterocycles. The van der Waals surface area contributed by atoms with Gasteiger partial charge in [0.05, 0.1) is 16.4 Å². The molecule has 1 aliphatic rings. The van der Waals surface area contributed by atoms with E-state index in [9.17, 15) is 14.4 Å². The SMILES string of the molecule is COc1cc(/C=C2\C(=O)NC(=O)N(c3cc(C)ccc3C)C2=O)cc(I)c1OCc1ccc(C)cc1. The van der Waals surface area contributed by atoms with E-state index in [4.69, 9.17) is 9.47 Å². The highest BCUT2D eigenvalue weighted by Gasteiger charge is 2.37. The maximum absolute atomic E-state index is 13.3. The third kappa shape index (κ3) is 5.28. The molecular formula is C28H25IN2O5. The van der Waals surface area contributed by atoms with E-state index < -0.39 is 17.8 Å². The molecule has 0 spiro atoms.